The first-order valence-electron chi connectivity index (χ1n) is 8.07. The number of benzene rings is 1. The van der Waals surface area contributed by atoms with Crippen molar-refractivity contribution < 1.29 is 27.5 Å². The van der Waals surface area contributed by atoms with Crippen molar-refractivity contribution in [1.82, 2.24) is 15.3 Å². The molecule has 3 rings (SSSR count). The third-order valence-electron chi connectivity index (χ3n) is 3.66. The summed E-state index contributed by atoms with van der Waals surface area (Å²) < 4.78 is 40.6. The number of hydrogen-bond acceptors (Lipinski definition) is 5. The van der Waals surface area contributed by atoms with Crippen LogP contribution >= 0.6 is 0 Å². The summed E-state index contributed by atoms with van der Waals surface area (Å²) in [6, 6.07) is 6.64. The lowest BCUT2D eigenvalue weighted by molar-refractivity contribution is -0.274. The minimum absolute atomic E-state index is 0.0261. The Bertz CT molecular complexity index is 853. The number of amides is 2. The molecule has 1 aliphatic carbocycles. The molecule has 1 aliphatic rings. The normalized spacial score (nSPS) is 13.7. The maximum Gasteiger partial charge on any atom is 0.573 e. The fraction of sp³-hybridized carbons (Fsp3) is 0.294. The molecule has 0 radical (unpaired) electrons. The molecule has 0 atom stereocenters. The van der Waals surface area contributed by atoms with Crippen LogP contribution in [-0.4, -0.2) is 28.1 Å². The first-order chi connectivity index (χ1) is 12.8. The van der Waals surface area contributed by atoms with Gasteiger partial charge in [-0.05, 0) is 36.6 Å². The number of aromatic nitrogens is 2. The molecule has 0 unspecified atom stereocenters. The second-order valence-electron chi connectivity index (χ2n) is 5.91. The quantitative estimate of drug-likeness (QED) is 0.804. The predicted octanol–water partition coefficient (Wildman–Crippen LogP) is 2.65. The molecule has 1 aromatic carbocycles. The van der Waals surface area contributed by atoms with Crippen molar-refractivity contribution in [3.8, 4) is 5.75 Å². The van der Waals surface area contributed by atoms with Crippen LogP contribution in [0.4, 0.5) is 19.1 Å². The first-order valence-corrected chi connectivity index (χ1v) is 8.07. The molecule has 0 spiro atoms. The molecule has 0 saturated heterocycles. The Balaban J connectivity index is 1.59. The van der Waals surface area contributed by atoms with Crippen LogP contribution in [0.3, 0.4) is 0 Å². The summed E-state index contributed by atoms with van der Waals surface area (Å²) in [6.45, 7) is -0.0261. The Kier molecular flexibility index (Phi) is 5.24. The van der Waals surface area contributed by atoms with Gasteiger partial charge in [-0.2, -0.15) is 0 Å². The molecule has 1 fully saturated rings. The van der Waals surface area contributed by atoms with Crippen molar-refractivity contribution in [3.05, 3.63) is 47.8 Å². The number of hydrogen-bond donors (Lipinski definition) is 2. The molecule has 1 heterocycles. The Morgan fingerprint density at radius 1 is 1.22 bits per heavy atom. The summed E-state index contributed by atoms with van der Waals surface area (Å²) in [4.78, 5) is 31.8. The van der Waals surface area contributed by atoms with E-state index in [2.05, 4.69) is 25.3 Å². The van der Waals surface area contributed by atoms with E-state index in [1.165, 1.54) is 24.4 Å². The highest BCUT2D eigenvalue weighted by atomic mass is 19.4. The van der Waals surface area contributed by atoms with Crippen LogP contribution in [0.15, 0.2) is 36.5 Å². The highest BCUT2D eigenvalue weighted by Gasteiger charge is 2.31. The molecule has 0 aliphatic heterocycles. The lowest BCUT2D eigenvalue weighted by Gasteiger charge is -2.10. The lowest BCUT2D eigenvalue weighted by Crippen LogP contribution is -2.25. The number of carbonyl (C=O) groups excluding carboxylic acids is 2. The van der Waals surface area contributed by atoms with Crippen molar-refractivity contribution >= 4 is 17.8 Å². The van der Waals surface area contributed by atoms with Gasteiger partial charge < -0.3 is 10.1 Å². The Hall–Kier alpha value is -3.17. The molecule has 2 amide bonds. The van der Waals surface area contributed by atoms with Crippen LogP contribution in [0.25, 0.3) is 0 Å². The van der Waals surface area contributed by atoms with E-state index in [1.54, 1.807) is 6.07 Å². The van der Waals surface area contributed by atoms with Gasteiger partial charge in [0.2, 0.25) is 11.9 Å². The SMILES string of the molecule is O=C(NCc1cccc(OC(F)(F)F)c1)c1ccnc(NC(=O)C2CC2)n1. The van der Waals surface area contributed by atoms with Crippen LogP contribution in [-0.2, 0) is 11.3 Å². The van der Waals surface area contributed by atoms with E-state index in [0.717, 1.165) is 18.9 Å². The van der Waals surface area contributed by atoms with Gasteiger partial charge in [-0.3, -0.25) is 14.9 Å². The lowest BCUT2D eigenvalue weighted by atomic mass is 10.2. The zero-order valence-corrected chi connectivity index (χ0v) is 13.9. The van der Waals surface area contributed by atoms with Gasteiger partial charge in [0, 0.05) is 18.7 Å². The minimum Gasteiger partial charge on any atom is -0.406 e. The zero-order chi connectivity index (χ0) is 19.4. The minimum atomic E-state index is -4.79. The molecular weight excluding hydrogens is 365 g/mol. The molecule has 2 N–H and O–H groups in total. The number of nitrogens with zero attached hydrogens (tertiary/aromatic N) is 2. The van der Waals surface area contributed by atoms with E-state index in [9.17, 15) is 22.8 Å². The molecule has 142 valence electrons. The van der Waals surface area contributed by atoms with E-state index in [0.29, 0.717) is 5.56 Å². The van der Waals surface area contributed by atoms with Gasteiger partial charge in [0.1, 0.15) is 11.4 Å². The molecule has 7 nitrogen and oxygen atoms in total. The number of carbonyl (C=O) groups is 2. The molecule has 1 aromatic heterocycles. The van der Waals surface area contributed by atoms with Gasteiger partial charge in [0.15, 0.2) is 0 Å². The van der Waals surface area contributed by atoms with E-state index >= 15 is 0 Å². The maximum absolute atomic E-state index is 12.3. The Morgan fingerprint density at radius 2 is 2.00 bits per heavy atom. The van der Waals surface area contributed by atoms with Crippen LogP contribution in [0.2, 0.25) is 0 Å². The van der Waals surface area contributed by atoms with Gasteiger partial charge >= 0.3 is 6.36 Å². The van der Waals surface area contributed by atoms with Crippen LogP contribution in [0, 0.1) is 5.92 Å². The third-order valence-corrected chi connectivity index (χ3v) is 3.66. The third kappa shape index (κ3) is 5.66. The molecule has 27 heavy (non-hydrogen) atoms. The summed E-state index contributed by atoms with van der Waals surface area (Å²) in [6.07, 6.45) is -1.81. The second-order valence-corrected chi connectivity index (χ2v) is 5.91. The standard InChI is InChI=1S/C17H15F3N4O3/c18-17(19,20)27-12-3-1-2-10(8-12)9-22-15(26)13-6-7-21-16(23-13)24-14(25)11-4-5-11/h1-3,6-8,11H,4-5,9H2,(H,22,26)(H,21,23,24,25). The van der Waals surface area contributed by atoms with E-state index in [1.807, 2.05) is 0 Å². The highest BCUT2D eigenvalue weighted by Crippen LogP contribution is 2.29. The summed E-state index contributed by atoms with van der Waals surface area (Å²) in [5, 5.41) is 5.08. The number of ether oxygens (including phenoxy) is 1. The Labute approximate surface area is 152 Å². The maximum atomic E-state index is 12.3. The van der Waals surface area contributed by atoms with Crippen LogP contribution < -0.4 is 15.4 Å². The number of anilines is 1. The molecule has 1 saturated carbocycles. The predicted molar refractivity (Wildman–Crippen MR) is 87.7 cm³/mol. The first kappa shape index (κ1) is 18.6. The average Bonchev–Trinajstić information content (AvgIpc) is 3.44. The van der Waals surface area contributed by atoms with Gasteiger partial charge in [0.25, 0.3) is 5.91 Å². The molecular formula is C17H15F3N4O3. The van der Waals surface area contributed by atoms with Crippen molar-refractivity contribution in [2.75, 3.05) is 5.32 Å². The van der Waals surface area contributed by atoms with Crippen molar-refractivity contribution in [2.45, 2.75) is 25.7 Å². The van der Waals surface area contributed by atoms with Crippen LogP contribution in [0.1, 0.15) is 28.9 Å². The van der Waals surface area contributed by atoms with Gasteiger partial charge in [0.05, 0.1) is 0 Å². The molecule has 0 bridgehead atoms. The van der Waals surface area contributed by atoms with Crippen molar-refractivity contribution in [1.29, 1.82) is 0 Å². The number of rotatable bonds is 6. The monoisotopic (exact) mass is 380 g/mol. The summed E-state index contributed by atoms with van der Waals surface area (Å²) in [7, 11) is 0. The number of alkyl halides is 3. The van der Waals surface area contributed by atoms with E-state index < -0.39 is 12.3 Å². The van der Waals surface area contributed by atoms with Crippen molar-refractivity contribution in [3.63, 3.8) is 0 Å². The summed E-state index contributed by atoms with van der Waals surface area (Å²) in [5.74, 6) is -1.12. The fourth-order valence-corrected chi connectivity index (χ4v) is 2.23. The number of halogens is 3. The smallest absolute Gasteiger partial charge is 0.406 e. The van der Waals surface area contributed by atoms with Gasteiger partial charge in [-0.1, -0.05) is 12.1 Å². The number of nitrogens with one attached hydrogen (secondary N) is 2. The topological polar surface area (TPSA) is 93.2 Å². The second kappa shape index (κ2) is 7.60. The van der Waals surface area contributed by atoms with Gasteiger partial charge in [-0.15, -0.1) is 13.2 Å². The van der Waals surface area contributed by atoms with Gasteiger partial charge in [-0.25, -0.2) is 9.97 Å². The molecule has 10 heteroatoms. The van der Waals surface area contributed by atoms with E-state index in [4.69, 9.17) is 0 Å². The average molecular weight is 380 g/mol. The largest absolute Gasteiger partial charge is 0.573 e. The van der Waals surface area contributed by atoms with E-state index in [-0.39, 0.29) is 35.8 Å². The summed E-state index contributed by atoms with van der Waals surface area (Å²) >= 11 is 0. The summed E-state index contributed by atoms with van der Waals surface area (Å²) in [5.41, 5.74) is 0.445. The molecule has 2 aromatic rings. The van der Waals surface area contributed by atoms with Crippen LogP contribution in [0.5, 0.6) is 5.75 Å². The highest BCUT2D eigenvalue weighted by molar-refractivity contribution is 5.94. The fourth-order valence-electron chi connectivity index (χ4n) is 2.23. The Morgan fingerprint density at radius 3 is 2.70 bits per heavy atom. The van der Waals surface area contributed by atoms with Crippen molar-refractivity contribution in [2.24, 2.45) is 5.92 Å². The zero-order valence-electron chi connectivity index (χ0n) is 13.9.